The molecule has 6 heteroatoms. The number of amides is 1. The molecule has 0 aliphatic heterocycles. The highest BCUT2D eigenvalue weighted by atomic mass is 16.5. The topological polar surface area (TPSA) is 72.5 Å². The van der Waals surface area contributed by atoms with Crippen LogP contribution in [0.5, 0.6) is 11.5 Å². The van der Waals surface area contributed by atoms with Gasteiger partial charge in [0, 0.05) is 18.8 Å². The molecule has 0 radical (unpaired) electrons. The van der Waals surface area contributed by atoms with Gasteiger partial charge in [-0.3, -0.25) is 4.79 Å². The minimum Gasteiger partial charge on any atom is -0.493 e. The Labute approximate surface area is 170 Å². The van der Waals surface area contributed by atoms with Gasteiger partial charge in [0.05, 0.1) is 19.8 Å². The molecule has 3 aromatic rings. The van der Waals surface area contributed by atoms with Crippen LogP contribution in [0.4, 0.5) is 5.82 Å². The van der Waals surface area contributed by atoms with Crippen LogP contribution >= 0.6 is 0 Å². The summed E-state index contributed by atoms with van der Waals surface area (Å²) >= 11 is 0. The van der Waals surface area contributed by atoms with E-state index < -0.39 is 0 Å². The summed E-state index contributed by atoms with van der Waals surface area (Å²) in [4.78, 5) is 16.8. The average molecular weight is 391 g/mol. The summed E-state index contributed by atoms with van der Waals surface area (Å²) in [6, 6.07) is 19.4. The normalized spacial score (nSPS) is 11.4. The molecule has 0 saturated heterocycles. The smallest absolute Gasteiger partial charge is 0.253 e. The minimum absolute atomic E-state index is 0.119. The van der Waals surface area contributed by atoms with Crippen LogP contribution in [0.1, 0.15) is 34.5 Å². The van der Waals surface area contributed by atoms with Crippen molar-refractivity contribution in [1.29, 1.82) is 0 Å². The number of hydrogen-bond donors (Lipinski definition) is 2. The Bertz CT molecular complexity index is 943. The van der Waals surface area contributed by atoms with Crippen LogP contribution in [0.25, 0.3) is 0 Å². The highest BCUT2D eigenvalue weighted by Gasteiger charge is 2.10. The van der Waals surface area contributed by atoms with E-state index in [9.17, 15) is 4.79 Å². The quantitative estimate of drug-likeness (QED) is 0.602. The molecule has 150 valence electrons. The van der Waals surface area contributed by atoms with Gasteiger partial charge in [0.15, 0.2) is 11.5 Å². The molecule has 1 atom stereocenters. The summed E-state index contributed by atoms with van der Waals surface area (Å²) in [7, 11) is 3.17. The molecule has 0 spiro atoms. The van der Waals surface area contributed by atoms with E-state index in [0.29, 0.717) is 23.6 Å². The van der Waals surface area contributed by atoms with E-state index in [2.05, 4.69) is 34.7 Å². The molecule has 1 heterocycles. The van der Waals surface area contributed by atoms with Crippen LogP contribution in [0.2, 0.25) is 0 Å². The summed E-state index contributed by atoms with van der Waals surface area (Å²) < 4.78 is 10.5. The SMILES string of the molecule is COc1ccc(CNC(=O)c2ccc(NC(C)c3ccccc3)nc2)cc1OC. The van der Waals surface area contributed by atoms with Crippen molar-refractivity contribution in [1.82, 2.24) is 10.3 Å². The largest absolute Gasteiger partial charge is 0.493 e. The zero-order valence-electron chi connectivity index (χ0n) is 16.8. The van der Waals surface area contributed by atoms with E-state index in [-0.39, 0.29) is 11.9 Å². The van der Waals surface area contributed by atoms with Gasteiger partial charge >= 0.3 is 0 Å². The lowest BCUT2D eigenvalue weighted by atomic mass is 10.1. The van der Waals surface area contributed by atoms with Gasteiger partial charge in [-0.1, -0.05) is 36.4 Å². The molecule has 29 heavy (non-hydrogen) atoms. The summed E-state index contributed by atoms with van der Waals surface area (Å²) in [6.07, 6.45) is 1.57. The van der Waals surface area contributed by atoms with Crippen LogP contribution in [0.15, 0.2) is 66.9 Å². The third-order valence-corrected chi connectivity index (χ3v) is 4.59. The summed E-state index contributed by atoms with van der Waals surface area (Å²) in [5, 5.41) is 6.23. The Morgan fingerprint density at radius 2 is 1.76 bits per heavy atom. The number of methoxy groups -OCH3 is 2. The second-order valence-corrected chi connectivity index (χ2v) is 6.58. The van der Waals surface area contributed by atoms with E-state index in [0.717, 1.165) is 11.4 Å². The van der Waals surface area contributed by atoms with Crippen molar-refractivity contribution in [2.24, 2.45) is 0 Å². The first-order valence-corrected chi connectivity index (χ1v) is 9.37. The average Bonchev–Trinajstić information content (AvgIpc) is 2.78. The fraction of sp³-hybridized carbons (Fsp3) is 0.217. The van der Waals surface area contributed by atoms with Crippen LogP contribution in [0.3, 0.4) is 0 Å². The number of aromatic nitrogens is 1. The molecular formula is C23H25N3O3. The van der Waals surface area contributed by atoms with Crippen molar-refractivity contribution in [3.05, 3.63) is 83.6 Å². The van der Waals surface area contributed by atoms with Crippen LogP contribution < -0.4 is 20.1 Å². The van der Waals surface area contributed by atoms with Crippen molar-refractivity contribution in [3.63, 3.8) is 0 Å². The number of rotatable bonds is 8. The monoisotopic (exact) mass is 391 g/mol. The number of ether oxygens (including phenoxy) is 2. The Kier molecular flexibility index (Phi) is 6.68. The number of nitrogens with one attached hydrogen (secondary N) is 2. The molecule has 1 amide bonds. The molecule has 1 aromatic heterocycles. The molecule has 0 aliphatic carbocycles. The fourth-order valence-corrected chi connectivity index (χ4v) is 2.94. The van der Waals surface area contributed by atoms with Crippen molar-refractivity contribution in [2.75, 3.05) is 19.5 Å². The summed E-state index contributed by atoms with van der Waals surface area (Å²) in [5.74, 6) is 1.82. The maximum atomic E-state index is 12.4. The van der Waals surface area contributed by atoms with Crippen LogP contribution in [-0.4, -0.2) is 25.1 Å². The number of nitrogens with zero attached hydrogens (tertiary/aromatic N) is 1. The van der Waals surface area contributed by atoms with Gasteiger partial charge in [0.1, 0.15) is 5.82 Å². The molecule has 3 rings (SSSR count). The molecule has 0 saturated carbocycles. The van der Waals surface area contributed by atoms with E-state index in [1.54, 1.807) is 26.5 Å². The van der Waals surface area contributed by atoms with Crippen molar-refractivity contribution >= 4 is 11.7 Å². The maximum Gasteiger partial charge on any atom is 0.253 e. The Morgan fingerprint density at radius 3 is 2.41 bits per heavy atom. The van der Waals surface area contributed by atoms with Gasteiger partial charge in [-0.25, -0.2) is 4.98 Å². The molecule has 2 N–H and O–H groups in total. The zero-order valence-corrected chi connectivity index (χ0v) is 16.8. The first-order chi connectivity index (χ1) is 14.1. The number of hydrogen-bond acceptors (Lipinski definition) is 5. The number of carbonyl (C=O) groups is 1. The van der Waals surface area contributed by atoms with Gasteiger partial charge in [-0.2, -0.15) is 0 Å². The highest BCUT2D eigenvalue weighted by Crippen LogP contribution is 2.27. The standard InChI is InChI=1S/C23H25N3O3/c1-16(18-7-5-4-6-8-18)26-22-12-10-19(15-24-22)23(27)25-14-17-9-11-20(28-2)21(13-17)29-3/h4-13,15-16H,14H2,1-3H3,(H,24,26)(H,25,27). The molecule has 0 fully saturated rings. The highest BCUT2D eigenvalue weighted by molar-refractivity contribution is 5.94. The van der Waals surface area contributed by atoms with Gasteiger partial charge in [0.25, 0.3) is 5.91 Å². The first-order valence-electron chi connectivity index (χ1n) is 9.37. The molecule has 0 bridgehead atoms. The zero-order chi connectivity index (χ0) is 20.6. The summed E-state index contributed by atoms with van der Waals surface area (Å²) in [5.41, 5.74) is 2.59. The van der Waals surface area contributed by atoms with E-state index in [1.807, 2.05) is 42.5 Å². The Balaban J connectivity index is 1.58. The lowest BCUT2D eigenvalue weighted by Crippen LogP contribution is -2.23. The Hall–Kier alpha value is -3.54. The number of carbonyl (C=O) groups excluding carboxylic acids is 1. The van der Waals surface area contributed by atoms with E-state index in [4.69, 9.17) is 9.47 Å². The van der Waals surface area contributed by atoms with Crippen molar-refractivity contribution < 1.29 is 14.3 Å². The second kappa shape index (κ2) is 9.59. The minimum atomic E-state index is -0.185. The lowest BCUT2D eigenvalue weighted by molar-refractivity contribution is 0.0950. The number of anilines is 1. The Morgan fingerprint density at radius 1 is 1.00 bits per heavy atom. The molecule has 1 unspecified atom stereocenters. The molecule has 2 aromatic carbocycles. The predicted molar refractivity (Wildman–Crippen MR) is 113 cm³/mol. The lowest BCUT2D eigenvalue weighted by Gasteiger charge is -2.15. The predicted octanol–water partition coefficient (Wildman–Crippen LogP) is 4.20. The first kappa shape index (κ1) is 20.2. The van der Waals surface area contributed by atoms with E-state index >= 15 is 0 Å². The van der Waals surface area contributed by atoms with Gasteiger partial charge in [-0.05, 0) is 42.3 Å². The fourth-order valence-electron chi connectivity index (χ4n) is 2.94. The molecule has 6 nitrogen and oxygen atoms in total. The van der Waals surface area contributed by atoms with Gasteiger partial charge < -0.3 is 20.1 Å². The second-order valence-electron chi connectivity index (χ2n) is 6.58. The maximum absolute atomic E-state index is 12.4. The number of pyridine rings is 1. The number of benzene rings is 2. The van der Waals surface area contributed by atoms with Gasteiger partial charge in [0.2, 0.25) is 0 Å². The van der Waals surface area contributed by atoms with Crippen molar-refractivity contribution in [3.8, 4) is 11.5 Å². The van der Waals surface area contributed by atoms with Crippen LogP contribution in [0, 0.1) is 0 Å². The van der Waals surface area contributed by atoms with Gasteiger partial charge in [-0.15, -0.1) is 0 Å². The third-order valence-electron chi connectivity index (χ3n) is 4.59. The van der Waals surface area contributed by atoms with Crippen molar-refractivity contribution in [2.45, 2.75) is 19.5 Å². The third kappa shape index (κ3) is 5.25. The van der Waals surface area contributed by atoms with E-state index in [1.165, 1.54) is 5.56 Å². The molecular weight excluding hydrogens is 366 g/mol. The van der Waals surface area contributed by atoms with Crippen LogP contribution in [-0.2, 0) is 6.54 Å². The molecule has 0 aliphatic rings. The summed E-state index contributed by atoms with van der Waals surface area (Å²) in [6.45, 7) is 2.45.